The number of esters is 1. The maximum atomic E-state index is 11.8. The minimum absolute atomic E-state index is 0.0714. The Bertz CT molecular complexity index is 782. The van der Waals surface area contributed by atoms with Crippen LogP contribution < -0.4 is 0 Å². The van der Waals surface area contributed by atoms with Crippen molar-refractivity contribution >= 4 is 11.7 Å². The standard InChI is InChI=1S/C21H22N2O2/c1-3-25-21(24)14-16(2)23-20(18-12-8-5-9-13-18)15-19(22-23)17-10-6-4-7-11-17/h4-14,20H,3,15H2,1-2H3/b16-14-. The first-order valence-corrected chi connectivity index (χ1v) is 8.51. The Morgan fingerprint density at radius 3 is 2.44 bits per heavy atom. The molecule has 128 valence electrons. The van der Waals surface area contributed by atoms with Crippen LogP contribution in [0.2, 0.25) is 0 Å². The molecule has 0 spiro atoms. The Kier molecular flexibility index (Phi) is 5.29. The lowest BCUT2D eigenvalue weighted by atomic mass is 9.98. The number of ether oxygens (including phenoxy) is 1. The molecule has 2 aromatic rings. The Labute approximate surface area is 148 Å². The highest BCUT2D eigenvalue weighted by Crippen LogP contribution is 2.35. The fourth-order valence-corrected chi connectivity index (χ4v) is 3.00. The Balaban J connectivity index is 1.94. The van der Waals surface area contributed by atoms with Gasteiger partial charge >= 0.3 is 5.97 Å². The second kappa shape index (κ2) is 7.79. The molecule has 0 bridgehead atoms. The zero-order valence-electron chi connectivity index (χ0n) is 14.6. The van der Waals surface area contributed by atoms with E-state index in [0.717, 1.165) is 23.4 Å². The summed E-state index contributed by atoms with van der Waals surface area (Å²) in [6, 6.07) is 20.5. The predicted molar refractivity (Wildman–Crippen MR) is 99.0 cm³/mol. The van der Waals surface area contributed by atoms with Crippen LogP contribution >= 0.6 is 0 Å². The average molecular weight is 334 g/mol. The summed E-state index contributed by atoms with van der Waals surface area (Å²) in [5.74, 6) is -0.338. The lowest BCUT2D eigenvalue weighted by Gasteiger charge is -2.24. The first-order chi connectivity index (χ1) is 12.2. The first kappa shape index (κ1) is 17.0. The molecule has 0 aromatic heterocycles. The third-order valence-electron chi connectivity index (χ3n) is 4.18. The fourth-order valence-electron chi connectivity index (χ4n) is 3.00. The predicted octanol–water partition coefficient (Wildman–Crippen LogP) is 4.30. The summed E-state index contributed by atoms with van der Waals surface area (Å²) < 4.78 is 5.03. The van der Waals surface area contributed by atoms with Crippen molar-refractivity contribution in [3.63, 3.8) is 0 Å². The number of carbonyl (C=O) groups excluding carboxylic acids is 1. The van der Waals surface area contributed by atoms with E-state index in [0.29, 0.717) is 6.61 Å². The van der Waals surface area contributed by atoms with Crippen LogP contribution in [-0.4, -0.2) is 23.3 Å². The number of hydrazone groups is 1. The molecule has 0 radical (unpaired) electrons. The van der Waals surface area contributed by atoms with Gasteiger partial charge < -0.3 is 4.74 Å². The zero-order chi connectivity index (χ0) is 17.6. The molecule has 2 aromatic carbocycles. The lowest BCUT2D eigenvalue weighted by molar-refractivity contribution is -0.137. The van der Waals surface area contributed by atoms with Crippen molar-refractivity contribution in [1.29, 1.82) is 0 Å². The quantitative estimate of drug-likeness (QED) is 0.604. The Morgan fingerprint density at radius 2 is 1.80 bits per heavy atom. The molecule has 1 aliphatic heterocycles. The summed E-state index contributed by atoms with van der Waals surface area (Å²) in [5, 5.41) is 6.73. The van der Waals surface area contributed by atoms with E-state index in [-0.39, 0.29) is 12.0 Å². The van der Waals surface area contributed by atoms with Gasteiger partial charge in [0, 0.05) is 18.2 Å². The number of benzene rings is 2. The van der Waals surface area contributed by atoms with Crippen LogP contribution in [0.15, 0.2) is 77.5 Å². The second-order valence-electron chi connectivity index (χ2n) is 5.93. The molecular formula is C21H22N2O2. The summed E-state index contributed by atoms with van der Waals surface area (Å²) in [6.45, 7) is 4.06. The van der Waals surface area contributed by atoms with Gasteiger partial charge in [0.1, 0.15) is 0 Å². The third kappa shape index (κ3) is 3.97. The van der Waals surface area contributed by atoms with Crippen molar-refractivity contribution < 1.29 is 9.53 Å². The summed E-state index contributed by atoms with van der Waals surface area (Å²) in [5.41, 5.74) is 4.08. The van der Waals surface area contributed by atoms with Gasteiger partial charge in [-0.1, -0.05) is 60.7 Å². The molecule has 0 aliphatic carbocycles. The largest absolute Gasteiger partial charge is 0.463 e. The van der Waals surface area contributed by atoms with E-state index in [1.807, 2.05) is 48.3 Å². The molecule has 1 heterocycles. The van der Waals surface area contributed by atoms with Gasteiger partial charge in [0.15, 0.2) is 0 Å². The highest BCUT2D eigenvalue weighted by molar-refractivity contribution is 6.02. The zero-order valence-corrected chi connectivity index (χ0v) is 14.6. The van der Waals surface area contributed by atoms with Crippen LogP contribution in [0.1, 0.15) is 37.4 Å². The van der Waals surface area contributed by atoms with E-state index < -0.39 is 0 Å². The molecule has 1 atom stereocenters. The summed E-state index contributed by atoms with van der Waals surface area (Å²) in [7, 11) is 0. The number of hydrogen-bond donors (Lipinski definition) is 0. The molecule has 3 rings (SSSR count). The smallest absolute Gasteiger partial charge is 0.332 e. The van der Waals surface area contributed by atoms with Crippen LogP contribution in [0.3, 0.4) is 0 Å². The molecular weight excluding hydrogens is 312 g/mol. The number of rotatable bonds is 5. The topological polar surface area (TPSA) is 41.9 Å². The van der Waals surface area contributed by atoms with Crippen molar-refractivity contribution in [2.75, 3.05) is 6.61 Å². The average Bonchev–Trinajstić information content (AvgIpc) is 3.09. The summed E-state index contributed by atoms with van der Waals surface area (Å²) in [6.07, 6.45) is 2.30. The van der Waals surface area contributed by atoms with Gasteiger partial charge in [-0.05, 0) is 25.0 Å². The molecule has 4 heteroatoms. The highest BCUT2D eigenvalue weighted by Gasteiger charge is 2.29. The number of allylic oxidation sites excluding steroid dienone is 1. The van der Waals surface area contributed by atoms with Gasteiger partial charge in [0.05, 0.1) is 18.4 Å². The van der Waals surface area contributed by atoms with Gasteiger partial charge in [0.25, 0.3) is 0 Å². The van der Waals surface area contributed by atoms with Crippen LogP contribution in [0, 0.1) is 0 Å². The maximum Gasteiger partial charge on any atom is 0.332 e. The van der Waals surface area contributed by atoms with E-state index in [1.165, 1.54) is 11.6 Å². The van der Waals surface area contributed by atoms with Crippen LogP contribution in [0.4, 0.5) is 0 Å². The maximum absolute atomic E-state index is 11.8. The minimum Gasteiger partial charge on any atom is -0.463 e. The molecule has 0 saturated heterocycles. The molecule has 0 N–H and O–H groups in total. The third-order valence-corrected chi connectivity index (χ3v) is 4.18. The van der Waals surface area contributed by atoms with Gasteiger partial charge in [-0.2, -0.15) is 5.10 Å². The number of carbonyl (C=O) groups is 1. The molecule has 1 unspecified atom stereocenters. The van der Waals surface area contributed by atoms with Gasteiger partial charge in [-0.25, -0.2) is 4.79 Å². The van der Waals surface area contributed by atoms with E-state index >= 15 is 0 Å². The van der Waals surface area contributed by atoms with E-state index in [2.05, 4.69) is 24.3 Å². The van der Waals surface area contributed by atoms with Crippen LogP contribution in [0.5, 0.6) is 0 Å². The minimum atomic E-state index is -0.338. The lowest BCUT2D eigenvalue weighted by Crippen LogP contribution is -2.18. The Hall–Kier alpha value is -2.88. The van der Waals surface area contributed by atoms with Crippen molar-refractivity contribution in [2.24, 2.45) is 5.10 Å². The Morgan fingerprint density at radius 1 is 1.16 bits per heavy atom. The molecule has 0 fully saturated rings. The van der Waals surface area contributed by atoms with Crippen molar-refractivity contribution in [2.45, 2.75) is 26.3 Å². The normalized spacial score (nSPS) is 17.4. The summed E-state index contributed by atoms with van der Waals surface area (Å²) >= 11 is 0. The number of nitrogens with zero attached hydrogens (tertiary/aromatic N) is 2. The van der Waals surface area contributed by atoms with Gasteiger partial charge in [-0.3, -0.25) is 5.01 Å². The van der Waals surface area contributed by atoms with Crippen LogP contribution in [0.25, 0.3) is 0 Å². The van der Waals surface area contributed by atoms with Crippen LogP contribution in [-0.2, 0) is 9.53 Å². The first-order valence-electron chi connectivity index (χ1n) is 8.51. The van der Waals surface area contributed by atoms with Gasteiger partial charge in [-0.15, -0.1) is 0 Å². The molecule has 1 aliphatic rings. The van der Waals surface area contributed by atoms with Crippen molar-refractivity contribution in [3.05, 3.63) is 83.6 Å². The monoisotopic (exact) mass is 334 g/mol. The number of hydrogen-bond acceptors (Lipinski definition) is 4. The molecule has 4 nitrogen and oxygen atoms in total. The SMILES string of the molecule is CCOC(=O)/C=C(/C)N1N=C(c2ccccc2)CC1c1ccccc1. The van der Waals surface area contributed by atoms with Crippen molar-refractivity contribution in [3.8, 4) is 0 Å². The fraction of sp³-hybridized carbons (Fsp3) is 0.238. The molecule has 0 saturated carbocycles. The highest BCUT2D eigenvalue weighted by atomic mass is 16.5. The van der Waals surface area contributed by atoms with E-state index in [9.17, 15) is 4.79 Å². The van der Waals surface area contributed by atoms with E-state index in [4.69, 9.17) is 9.84 Å². The van der Waals surface area contributed by atoms with Gasteiger partial charge in [0.2, 0.25) is 0 Å². The van der Waals surface area contributed by atoms with Crippen molar-refractivity contribution in [1.82, 2.24) is 5.01 Å². The summed E-state index contributed by atoms with van der Waals surface area (Å²) in [4.78, 5) is 11.8. The van der Waals surface area contributed by atoms with E-state index in [1.54, 1.807) is 6.92 Å². The molecule has 25 heavy (non-hydrogen) atoms. The second-order valence-corrected chi connectivity index (χ2v) is 5.93. The molecule has 0 amide bonds.